The van der Waals surface area contributed by atoms with Gasteiger partial charge in [0.25, 0.3) is 0 Å². The van der Waals surface area contributed by atoms with Gasteiger partial charge in [0.1, 0.15) is 12.4 Å². The number of aryl methyl sites for hydroxylation is 1. The summed E-state index contributed by atoms with van der Waals surface area (Å²) in [6.07, 6.45) is 1.76. The number of hydrogen-bond acceptors (Lipinski definition) is 3. The first-order valence-electron chi connectivity index (χ1n) is 5.61. The number of aromatic nitrogens is 1. The Kier molecular flexibility index (Phi) is 3.73. The van der Waals surface area contributed by atoms with E-state index in [1.54, 1.807) is 6.20 Å². The van der Waals surface area contributed by atoms with Crippen molar-refractivity contribution in [3.05, 3.63) is 59.4 Å². The monoisotopic (exact) mass is 228 g/mol. The molecule has 0 spiro atoms. The van der Waals surface area contributed by atoms with Gasteiger partial charge in [-0.05, 0) is 42.3 Å². The Morgan fingerprint density at radius 2 is 2.12 bits per heavy atom. The lowest BCUT2D eigenvalue weighted by atomic mass is 10.2. The maximum Gasteiger partial charge on any atom is 0.130 e. The largest absolute Gasteiger partial charge is 0.487 e. The lowest BCUT2D eigenvalue weighted by Crippen LogP contribution is -2.02. The van der Waals surface area contributed by atoms with E-state index in [9.17, 15) is 0 Å². The molecule has 0 bridgehead atoms. The molecule has 0 fully saturated rings. The molecule has 88 valence electrons. The summed E-state index contributed by atoms with van der Waals surface area (Å²) in [5.74, 6) is 0.866. The van der Waals surface area contributed by atoms with E-state index in [1.807, 2.05) is 43.3 Å². The van der Waals surface area contributed by atoms with Crippen LogP contribution in [-0.2, 0) is 13.2 Å². The molecule has 0 atom stereocenters. The number of benzene rings is 1. The minimum atomic E-state index is 0.470. The highest BCUT2D eigenvalue weighted by molar-refractivity contribution is 5.27. The van der Waals surface area contributed by atoms with Crippen LogP contribution in [0.5, 0.6) is 5.75 Å². The van der Waals surface area contributed by atoms with Crippen molar-refractivity contribution in [1.82, 2.24) is 4.98 Å². The molecule has 1 heterocycles. The SMILES string of the molecule is Cc1cccc(OCc2cc(CN)ccn2)c1. The minimum Gasteiger partial charge on any atom is -0.487 e. The van der Waals surface area contributed by atoms with Crippen LogP contribution >= 0.6 is 0 Å². The molecule has 17 heavy (non-hydrogen) atoms. The van der Waals surface area contributed by atoms with Gasteiger partial charge in [0, 0.05) is 12.7 Å². The minimum absolute atomic E-state index is 0.470. The Morgan fingerprint density at radius 1 is 1.24 bits per heavy atom. The van der Waals surface area contributed by atoms with Gasteiger partial charge in [0.15, 0.2) is 0 Å². The van der Waals surface area contributed by atoms with Crippen molar-refractivity contribution in [3.63, 3.8) is 0 Å². The van der Waals surface area contributed by atoms with Crippen molar-refractivity contribution in [2.24, 2.45) is 5.73 Å². The molecule has 0 aliphatic heterocycles. The molecular weight excluding hydrogens is 212 g/mol. The van der Waals surface area contributed by atoms with Crippen molar-refractivity contribution in [2.45, 2.75) is 20.1 Å². The molecule has 1 aromatic heterocycles. The van der Waals surface area contributed by atoms with Crippen molar-refractivity contribution in [3.8, 4) is 5.75 Å². The summed E-state index contributed by atoms with van der Waals surface area (Å²) in [5, 5.41) is 0. The third kappa shape index (κ3) is 3.29. The third-order valence-corrected chi connectivity index (χ3v) is 2.49. The normalized spacial score (nSPS) is 10.2. The number of nitrogens with two attached hydrogens (primary N) is 1. The topological polar surface area (TPSA) is 48.1 Å². The molecule has 0 saturated heterocycles. The van der Waals surface area contributed by atoms with E-state index in [0.717, 1.165) is 17.0 Å². The standard InChI is InChI=1S/C14H16N2O/c1-11-3-2-4-14(7-11)17-10-13-8-12(9-15)5-6-16-13/h2-8H,9-10,15H2,1H3. The lowest BCUT2D eigenvalue weighted by molar-refractivity contribution is 0.301. The van der Waals surface area contributed by atoms with E-state index in [-0.39, 0.29) is 0 Å². The van der Waals surface area contributed by atoms with Crippen LogP contribution in [0.2, 0.25) is 0 Å². The summed E-state index contributed by atoms with van der Waals surface area (Å²) in [7, 11) is 0. The Bertz CT molecular complexity index is 497. The maximum absolute atomic E-state index is 5.67. The van der Waals surface area contributed by atoms with Gasteiger partial charge in [-0.1, -0.05) is 12.1 Å². The number of pyridine rings is 1. The van der Waals surface area contributed by atoms with Gasteiger partial charge in [-0.15, -0.1) is 0 Å². The van der Waals surface area contributed by atoms with Crippen LogP contribution in [-0.4, -0.2) is 4.98 Å². The van der Waals surface area contributed by atoms with E-state index >= 15 is 0 Å². The summed E-state index contributed by atoms with van der Waals surface area (Å²) in [6, 6.07) is 11.9. The third-order valence-electron chi connectivity index (χ3n) is 2.49. The molecule has 0 aliphatic rings. The summed E-state index contributed by atoms with van der Waals surface area (Å²) < 4.78 is 5.67. The van der Waals surface area contributed by atoms with Gasteiger partial charge in [-0.3, -0.25) is 4.98 Å². The first kappa shape index (κ1) is 11.6. The van der Waals surface area contributed by atoms with Gasteiger partial charge >= 0.3 is 0 Å². The summed E-state index contributed by atoms with van der Waals surface area (Å²) in [5.41, 5.74) is 8.73. The summed E-state index contributed by atoms with van der Waals surface area (Å²) in [6.45, 7) is 3.04. The summed E-state index contributed by atoms with van der Waals surface area (Å²) in [4.78, 5) is 4.24. The van der Waals surface area contributed by atoms with Crippen molar-refractivity contribution < 1.29 is 4.74 Å². The molecule has 3 heteroatoms. The van der Waals surface area contributed by atoms with Crippen molar-refractivity contribution in [2.75, 3.05) is 0 Å². The van der Waals surface area contributed by atoms with E-state index in [2.05, 4.69) is 4.98 Å². The fourth-order valence-electron chi connectivity index (χ4n) is 1.60. The fourth-order valence-corrected chi connectivity index (χ4v) is 1.60. The average molecular weight is 228 g/mol. The predicted molar refractivity (Wildman–Crippen MR) is 67.6 cm³/mol. The van der Waals surface area contributed by atoms with E-state index in [4.69, 9.17) is 10.5 Å². The lowest BCUT2D eigenvalue weighted by Gasteiger charge is -2.07. The molecule has 0 unspecified atom stereocenters. The second kappa shape index (κ2) is 5.46. The van der Waals surface area contributed by atoms with Crippen LogP contribution < -0.4 is 10.5 Å². The molecular formula is C14H16N2O. The van der Waals surface area contributed by atoms with Gasteiger partial charge in [-0.2, -0.15) is 0 Å². The van der Waals surface area contributed by atoms with Gasteiger partial charge in [-0.25, -0.2) is 0 Å². The van der Waals surface area contributed by atoms with Gasteiger partial charge < -0.3 is 10.5 Å². The molecule has 2 rings (SSSR count). The highest BCUT2D eigenvalue weighted by Crippen LogP contribution is 2.14. The molecule has 2 aromatic rings. The zero-order valence-electron chi connectivity index (χ0n) is 9.89. The van der Waals surface area contributed by atoms with Gasteiger partial charge in [0.2, 0.25) is 0 Å². The van der Waals surface area contributed by atoms with Crippen LogP contribution in [0, 0.1) is 6.92 Å². The zero-order valence-corrected chi connectivity index (χ0v) is 9.89. The fraction of sp³-hybridized carbons (Fsp3) is 0.214. The Morgan fingerprint density at radius 3 is 2.88 bits per heavy atom. The van der Waals surface area contributed by atoms with E-state index < -0.39 is 0 Å². The summed E-state index contributed by atoms with van der Waals surface area (Å²) >= 11 is 0. The van der Waals surface area contributed by atoms with E-state index in [0.29, 0.717) is 13.2 Å². The van der Waals surface area contributed by atoms with Crippen molar-refractivity contribution >= 4 is 0 Å². The van der Waals surface area contributed by atoms with Crippen LogP contribution in [0.25, 0.3) is 0 Å². The molecule has 0 radical (unpaired) electrons. The second-order valence-electron chi connectivity index (χ2n) is 3.96. The van der Waals surface area contributed by atoms with E-state index in [1.165, 1.54) is 5.56 Å². The van der Waals surface area contributed by atoms with Gasteiger partial charge in [0.05, 0.1) is 5.69 Å². The molecule has 1 aromatic carbocycles. The molecule has 2 N–H and O–H groups in total. The quantitative estimate of drug-likeness (QED) is 0.874. The maximum atomic E-state index is 5.67. The number of nitrogens with zero attached hydrogens (tertiary/aromatic N) is 1. The number of rotatable bonds is 4. The molecule has 0 saturated carbocycles. The number of ether oxygens (including phenoxy) is 1. The predicted octanol–water partition coefficient (Wildman–Crippen LogP) is 2.43. The molecule has 3 nitrogen and oxygen atoms in total. The smallest absolute Gasteiger partial charge is 0.130 e. The zero-order chi connectivity index (χ0) is 12.1. The van der Waals surface area contributed by atoms with Crippen LogP contribution in [0.1, 0.15) is 16.8 Å². The first-order valence-corrected chi connectivity index (χ1v) is 5.61. The average Bonchev–Trinajstić information content (AvgIpc) is 2.37. The highest BCUT2D eigenvalue weighted by Gasteiger charge is 1.98. The highest BCUT2D eigenvalue weighted by atomic mass is 16.5. The number of hydrogen-bond donors (Lipinski definition) is 1. The second-order valence-corrected chi connectivity index (χ2v) is 3.96. The Balaban J connectivity index is 2.02. The van der Waals surface area contributed by atoms with Crippen molar-refractivity contribution in [1.29, 1.82) is 0 Å². The first-order chi connectivity index (χ1) is 8.28. The molecule has 0 amide bonds. The van der Waals surface area contributed by atoms with Crippen LogP contribution in [0.4, 0.5) is 0 Å². The Labute approximate surface area is 101 Å². The Hall–Kier alpha value is -1.87. The van der Waals surface area contributed by atoms with Crippen LogP contribution in [0.3, 0.4) is 0 Å². The van der Waals surface area contributed by atoms with Crippen LogP contribution in [0.15, 0.2) is 42.6 Å². The molecule has 0 aliphatic carbocycles.